The molecule has 1 aromatic carbocycles. The maximum atomic E-state index is 12.3. The van der Waals surface area contributed by atoms with Crippen molar-refractivity contribution in [2.75, 3.05) is 6.26 Å². The van der Waals surface area contributed by atoms with Crippen LogP contribution in [0, 0.1) is 0 Å². The number of aromatic nitrogens is 3. The Morgan fingerprint density at radius 2 is 1.86 bits per heavy atom. The van der Waals surface area contributed by atoms with E-state index in [2.05, 4.69) is 24.0 Å². The fraction of sp³-hybridized carbons (Fsp3) is 0.600. The van der Waals surface area contributed by atoms with Gasteiger partial charge in [-0.2, -0.15) is 4.31 Å². The summed E-state index contributed by atoms with van der Waals surface area (Å²) in [5.41, 5.74) is 1.77. The molecule has 2 aliphatic rings. The Morgan fingerprint density at radius 1 is 1.14 bits per heavy atom. The molecule has 1 fully saturated rings. The molecule has 0 saturated heterocycles. The lowest BCUT2D eigenvalue weighted by Crippen LogP contribution is -2.28. The maximum absolute atomic E-state index is 12.3. The number of hydrogen-bond acceptors (Lipinski definition) is 5. The Hall–Kier alpha value is -1.48. The van der Waals surface area contributed by atoms with E-state index in [0.717, 1.165) is 42.8 Å². The minimum atomic E-state index is -3.39. The molecule has 1 aromatic heterocycles. The lowest BCUT2D eigenvalue weighted by Gasteiger charge is -2.29. The third kappa shape index (κ3) is 4.35. The minimum Gasteiger partial charge on any atom is -0.376 e. The van der Waals surface area contributed by atoms with Gasteiger partial charge in [0, 0.05) is 17.5 Å². The zero-order chi connectivity index (χ0) is 20.8. The molecule has 0 spiro atoms. The van der Waals surface area contributed by atoms with Gasteiger partial charge in [-0.25, -0.2) is 8.42 Å². The highest BCUT2D eigenvalue weighted by molar-refractivity contribution is 7.88. The molecular weight excluding hydrogens is 412 g/mol. The van der Waals surface area contributed by atoms with Crippen LogP contribution in [0.4, 0.5) is 0 Å². The molecule has 158 valence electrons. The molecule has 29 heavy (non-hydrogen) atoms. The van der Waals surface area contributed by atoms with Gasteiger partial charge in [-0.1, -0.05) is 11.6 Å². The molecular formula is C20H27ClN4O3S. The van der Waals surface area contributed by atoms with Crippen molar-refractivity contribution in [2.24, 2.45) is 0 Å². The Kier molecular flexibility index (Phi) is 5.72. The first-order valence-electron chi connectivity index (χ1n) is 10.1. The van der Waals surface area contributed by atoms with Gasteiger partial charge in [-0.3, -0.25) is 4.57 Å². The van der Waals surface area contributed by atoms with Crippen molar-refractivity contribution in [1.82, 2.24) is 19.1 Å². The summed E-state index contributed by atoms with van der Waals surface area (Å²) < 4.78 is 34.0. The average molecular weight is 439 g/mol. The van der Waals surface area contributed by atoms with Crippen LogP contribution in [0.25, 0.3) is 5.69 Å². The van der Waals surface area contributed by atoms with Gasteiger partial charge in [0.2, 0.25) is 10.0 Å². The highest BCUT2D eigenvalue weighted by Crippen LogP contribution is 2.37. The van der Waals surface area contributed by atoms with E-state index in [1.54, 1.807) is 0 Å². The lowest BCUT2D eigenvalue weighted by molar-refractivity contribution is -0.0151. The summed E-state index contributed by atoms with van der Waals surface area (Å²) in [6.45, 7) is 4.61. The second-order valence-corrected chi connectivity index (χ2v) is 10.7. The first kappa shape index (κ1) is 20.8. The van der Waals surface area contributed by atoms with E-state index in [4.69, 9.17) is 16.3 Å². The molecule has 1 saturated carbocycles. The molecule has 2 heterocycles. The van der Waals surface area contributed by atoms with E-state index in [0.29, 0.717) is 17.0 Å². The quantitative estimate of drug-likeness (QED) is 0.728. The Bertz CT molecular complexity index is 997. The smallest absolute Gasteiger partial charge is 0.211 e. The number of hydrogen-bond donors (Lipinski definition) is 0. The molecule has 2 aromatic rings. The SMILES string of the molecule is CC(C)O[C@H]1CC[C@H](c2nnc3n2-c2ccc(Cl)cc2CN(S(C)(=O)=O)C3)CC1. The van der Waals surface area contributed by atoms with Crippen LogP contribution in [0.1, 0.15) is 62.7 Å². The summed E-state index contributed by atoms with van der Waals surface area (Å²) in [6.07, 6.45) is 5.70. The van der Waals surface area contributed by atoms with Gasteiger partial charge in [-0.05, 0) is 63.3 Å². The number of halogens is 1. The fourth-order valence-electron chi connectivity index (χ4n) is 4.34. The van der Waals surface area contributed by atoms with Gasteiger partial charge >= 0.3 is 0 Å². The topological polar surface area (TPSA) is 77.3 Å². The Morgan fingerprint density at radius 3 is 2.52 bits per heavy atom. The minimum absolute atomic E-state index is 0.198. The molecule has 4 rings (SSSR count). The fourth-order valence-corrected chi connectivity index (χ4v) is 5.26. The molecule has 0 radical (unpaired) electrons. The molecule has 1 aliphatic heterocycles. The largest absolute Gasteiger partial charge is 0.376 e. The number of sulfonamides is 1. The van der Waals surface area contributed by atoms with Gasteiger partial charge in [0.15, 0.2) is 5.82 Å². The van der Waals surface area contributed by atoms with Crippen molar-refractivity contribution in [3.8, 4) is 5.69 Å². The maximum Gasteiger partial charge on any atom is 0.211 e. The van der Waals surface area contributed by atoms with Crippen LogP contribution in [-0.4, -0.2) is 46.0 Å². The summed E-state index contributed by atoms with van der Waals surface area (Å²) in [6, 6.07) is 5.60. The number of benzene rings is 1. The zero-order valence-electron chi connectivity index (χ0n) is 17.0. The van der Waals surface area contributed by atoms with Crippen LogP contribution in [0.15, 0.2) is 18.2 Å². The van der Waals surface area contributed by atoms with E-state index in [-0.39, 0.29) is 25.1 Å². The molecule has 0 bridgehead atoms. The van der Waals surface area contributed by atoms with E-state index < -0.39 is 10.0 Å². The van der Waals surface area contributed by atoms with Gasteiger partial charge in [0.05, 0.1) is 30.7 Å². The predicted molar refractivity (Wildman–Crippen MR) is 112 cm³/mol. The summed E-state index contributed by atoms with van der Waals surface area (Å²) in [7, 11) is -3.39. The molecule has 9 heteroatoms. The van der Waals surface area contributed by atoms with Crippen molar-refractivity contribution < 1.29 is 13.2 Å². The normalized spacial score (nSPS) is 22.9. The Balaban J connectivity index is 1.70. The average Bonchev–Trinajstić information content (AvgIpc) is 2.97. The van der Waals surface area contributed by atoms with Crippen LogP contribution in [-0.2, 0) is 27.8 Å². The van der Waals surface area contributed by atoms with Crippen molar-refractivity contribution in [3.63, 3.8) is 0 Å². The summed E-state index contributed by atoms with van der Waals surface area (Å²) in [4.78, 5) is 0. The van der Waals surface area contributed by atoms with Crippen molar-refractivity contribution in [2.45, 2.75) is 70.7 Å². The predicted octanol–water partition coefficient (Wildman–Crippen LogP) is 3.65. The second-order valence-electron chi connectivity index (χ2n) is 8.27. The van der Waals surface area contributed by atoms with Crippen LogP contribution >= 0.6 is 11.6 Å². The first-order valence-corrected chi connectivity index (χ1v) is 12.3. The number of fused-ring (bicyclic) bond motifs is 3. The van der Waals surface area contributed by atoms with Crippen LogP contribution in [0.5, 0.6) is 0 Å². The van der Waals surface area contributed by atoms with Crippen molar-refractivity contribution in [1.29, 1.82) is 0 Å². The standard InChI is InChI=1S/C20H27ClN4O3S/c1-13(2)28-17-7-4-14(5-8-17)20-23-22-19-12-24(29(3,26)27)11-15-10-16(21)6-9-18(15)25(19)20/h6,9-10,13-14,17H,4-5,7-8,11-12H2,1-3H3/t14-,17-. The van der Waals surface area contributed by atoms with Crippen LogP contribution < -0.4 is 0 Å². The zero-order valence-corrected chi connectivity index (χ0v) is 18.6. The molecule has 0 unspecified atom stereocenters. The van der Waals surface area contributed by atoms with E-state index >= 15 is 0 Å². The first-order chi connectivity index (χ1) is 13.7. The number of ether oxygens (including phenoxy) is 1. The molecule has 7 nitrogen and oxygen atoms in total. The van der Waals surface area contributed by atoms with Crippen LogP contribution in [0.3, 0.4) is 0 Å². The number of rotatable bonds is 4. The van der Waals surface area contributed by atoms with E-state index in [1.807, 2.05) is 22.8 Å². The Labute approximate surface area is 177 Å². The van der Waals surface area contributed by atoms with Crippen molar-refractivity contribution >= 4 is 21.6 Å². The molecule has 1 aliphatic carbocycles. The molecule has 0 N–H and O–H groups in total. The van der Waals surface area contributed by atoms with Gasteiger partial charge < -0.3 is 4.74 Å². The van der Waals surface area contributed by atoms with E-state index in [1.165, 1.54) is 10.6 Å². The highest BCUT2D eigenvalue weighted by atomic mass is 35.5. The monoisotopic (exact) mass is 438 g/mol. The summed E-state index contributed by atoms with van der Waals surface area (Å²) in [5.74, 6) is 1.82. The third-order valence-electron chi connectivity index (χ3n) is 5.68. The second kappa shape index (κ2) is 7.98. The highest BCUT2D eigenvalue weighted by Gasteiger charge is 2.32. The number of nitrogens with zero attached hydrogens (tertiary/aromatic N) is 4. The van der Waals surface area contributed by atoms with Crippen molar-refractivity contribution in [3.05, 3.63) is 40.4 Å². The summed E-state index contributed by atoms with van der Waals surface area (Å²) in [5, 5.41) is 9.48. The van der Waals surface area contributed by atoms with E-state index in [9.17, 15) is 8.42 Å². The van der Waals surface area contributed by atoms with Gasteiger partial charge in [0.25, 0.3) is 0 Å². The van der Waals surface area contributed by atoms with Crippen LogP contribution in [0.2, 0.25) is 5.02 Å². The lowest BCUT2D eigenvalue weighted by atomic mass is 9.86. The van der Waals surface area contributed by atoms with Gasteiger partial charge in [-0.15, -0.1) is 10.2 Å². The van der Waals surface area contributed by atoms with Gasteiger partial charge in [0.1, 0.15) is 5.82 Å². The third-order valence-corrected chi connectivity index (χ3v) is 7.11. The molecule has 0 amide bonds. The summed E-state index contributed by atoms with van der Waals surface area (Å²) >= 11 is 6.22. The molecule has 0 atom stereocenters.